The van der Waals surface area contributed by atoms with Gasteiger partial charge >= 0.3 is 0 Å². The number of carbonyl (C=O) groups excluding carboxylic acids is 3. The molecule has 0 atom stereocenters. The van der Waals surface area contributed by atoms with E-state index >= 15 is 0 Å². The van der Waals surface area contributed by atoms with E-state index in [1.165, 1.54) is 18.1 Å². The highest BCUT2D eigenvalue weighted by Gasteiger charge is 2.35. The minimum atomic E-state index is -0.719. The van der Waals surface area contributed by atoms with Crippen LogP contribution >= 0.6 is 27.7 Å². The van der Waals surface area contributed by atoms with E-state index in [9.17, 15) is 14.4 Å². The van der Waals surface area contributed by atoms with Gasteiger partial charge in [-0.2, -0.15) is 4.99 Å². The Morgan fingerprint density at radius 2 is 1.63 bits per heavy atom. The molecular formula is C41H36BrN3O5S. The van der Waals surface area contributed by atoms with Crippen molar-refractivity contribution in [2.45, 2.75) is 19.6 Å². The summed E-state index contributed by atoms with van der Waals surface area (Å²) in [6, 6.07) is 31.9. The normalized spacial score (nSPS) is 14.2. The summed E-state index contributed by atoms with van der Waals surface area (Å²) < 4.78 is 12.5. The Morgan fingerprint density at radius 3 is 2.24 bits per heavy atom. The zero-order chi connectivity index (χ0) is 36.2. The summed E-state index contributed by atoms with van der Waals surface area (Å²) in [5.74, 6) is -0.740. The molecule has 0 saturated carbocycles. The summed E-state index contributed by atoms with van der Waals surface area (Å²) in [5, 5.41) is 3.19. The lowest BCUT2D eigenvalue weighted by atomic mass is 9.99. The first kappa shape index (κ1) is 36.8. The molecule has 0 saturated heterocycles. The number of nitrogens with one attached hydrogen (secondary N) is 1. The molecule has 8 nitrogen and oxygen atoms in total. The molecule has 0 spiro atoms. The Bertz CT molecular complexity index is 1970. The number of benzene rings is 4. The second-order valence-electron chi connectivity index (χ2n) is 11.1. The number of halogens is 1. The van der Waals surface area contributed by atoms with Gasteiger partial charge in [-0.15, -0.1) is 0 Å². The number of ether oxygens (including phenoxy) is 2. The Kier molecular flexibility index (Phi) is 13.0. The van der Waals surface area contributed by atoms with Crippen LogP contribution in [-0.2, 0) is 21.0 Å². The lowest BCUT2D eigenvalue weighted by Crippen LogP contribution is -2.42. The maximum atomic E-state index is 14.1. The molecule has 1 aliphatic heterocycles. The second-order valence-corrected chi connectivity index (χ2v) is 13.0. The average Bonchev–Trinajstić information content (AvgIpc) is 3.16. The highest BCUT2D eigenvalue weighted by molar-refractivity contribution is 9.10. The van der Waals surface area contributed by atoms with Gasteiger partial charge in [-0.25, -0.2) is 0 Å². The minimum absolute atomic E-state index is 0.0874. The van der Waals surface area contributed by atoms with Gasteiger partial charge in [0.15, 0.2) is 16.7 Å². The predicted molar refractivity (Wildman–Crippen MR) is 207 cm³/mol. The van der Waals surface area contributed by atoms with Crippen LogP contribution in [0.25, 0.3) is 6.08 Å². The summed E-state index contributed by atoms with van der Waals surface area (Å²) in [5.41, 5.74) is 3.68. The van der Waals surface area contributed by atoms with E-state index in [0.29, 0.717) is 29.4 Å². The maximum absolute atomic E-state index is 14.1. The van der Waals surface area contributed by atoms with Crippen molar-refractivity contribution < 1.29 is 23.9 Å². The van der Waals surface area contributed by atoms with Crippen molar-refractivity contribution >= 4 is 56.7 Å². The van der Waals surface area contributed by atoms with Crippen LogP contribution in [0.3, 0.4) is 0 Å². The van der Waals surface area contributed by atoms with Gasteiger partial charge in [0.1, 0.15) is 12.2 Å². The van der Waals surface area contributed by atoms with Crippen LogP contribution in [0.4, 0.5) is 0 Å². The number of amidine groups is 1. The minimum Gasteiger partial charge on any atom is -0.493 e. The number of amides is 3. The van der Waals surface area contributed by atoms with Crippen molar-refractivity contribution in [1.82, 2.24) is 10.2 Å². The van der Waals surface area contributed by atoms with Gasteiger partial charge < -0.3 is 14.8 Å². The first-order chi connectivity index (χ1) is 24.8. The Hall–Kier alpha value is -5.45. The van der Waals surface area contributed by atoms with Crippen molar-refractivity contribution in [3.8, 4) is 11.5 Å². The topological polar surface area (TPSA) is 97.3 Å². The Balaban J connectivity index is 1.38. The molecule has 0 aliphatic carbocycles. The zero-order valence-electron chi connectivity index (χ0n) is 28.1. The van der Waals surface area contributed by atoms with Crippen molar-refractivity contribution in [1.29, 1.82) is 0 Å². The van der Waals surface area contributed by atoms with Crippen LogP contribution in [0.15, 0.2) is 155 Å². The van der Waals surface area contributed by atoms with Crippen LogP contribution in [-0.4, -0.2) is 40.7 Å². The third-order valence-electron chi connectivity index (χ3n) is 7.72. The van der Waals surface area contributed by atoms with Crippen LogP contribution in [0.5, 0.6) is 11.5 Å². The predicted octanol–water partition coefficient (Wildman–Crippen LogP) is 8.43. The lowest BCUT2D eigenvalue weighted by molar-refractivity contribution is -0.126. The molecule has 10 heteroatoms. The monoisotopic (exact) mass is 761 g/mol. The molecule has 51 heavy (non-hydrogen) atoms. The molecule has 1 heterocycles. The van der Waals surface area contributed by atoms with Crippen LogP contribution in [0, 0.1) is 0 Å². The van der Waals surface area contributed by atoms with Crippen LogP contribution in [0.2, 0.25) is 0 Å². The number of thioether (sulfide) groups is 1. The van der Waals surface area contributed by atoms with E-state index in [-0.39, 0.29) is 28.4 Å². The molecule has 5 rings (SSSR count). The highest BCUT2D eigenvalue weighted by Crippen LogP contribution is 2.32. The molecule has 258 valence electrons. The van der Waals surface area contributed by atoms with Gasteiger partial charge in [-0.3, -0.25) is 19.3 Å². The van der Waals surface area contributed by atoms with Gasteiger partial charge in [0, 0.05) is 10.2 Å². The van der Waals surface area contributed by atoms with Crippen molar-refractivity contribution in [2.75, 3.05) is 12.9 Å². The number of rotatable bonds is 13. The summed E-state index contributed by atoms with van der Waals surface area (Å²) in [4.78, 5) is 46.6. The van der Waals surface area contributed by atoms with E-state index in [1.54, 1.807) is 49.4 Å². The molecule has 0 unspecified atom stereocenters. The van der Waals surface area contributed by atoms with Gasteiger partial charge in [-0.05, 0) is 65.6 Å². The van der Waals surface area contributed by atoms with E-state index < -0.39 is 11.8 Å². The summed E-state index contributed by atoms with van der Waals surface area (Å²) in [6.45, 7) is 5.83. The Labute approximate surface area is 310 Å². The number of hydrogen-bond donors (Lipinski definition) is 1. The molecular weight excluding hydrogens is 726 g/mol. The second kappa shape index (κ2) is 18.0. The fraction of sp³-hybridized carbons (Fsp3) is 0.122. The molecule has 1 aliphatic rings. The average molecular weight is 763 g/mol. The van der Waals surface area contributed by atoms with Gasteiger partial charge in [0.2, 0.25) is 5.91 Å². The number of aliphatic imine (C=N–C) groups is 1. The molecule has 0 fully saturated rings. The SMILES string of the molecule is C=C/C=C\C(=C/C)N1C(=O)/C(=C/c2ccc(OCc3ccc(Br)cc3)c(OC)c2)C(=O)N=C1SCC(=O)NC(c1ccccc1)c1ccccc1. The first-order valence-electron chi connectivity index (χ1n) is 16.0. The molecule has 3 amide bonds. The Morgan fingerprint density at radius 1 is 0.961 bits per heavy atom. The lowest BCUT2D eigenvalue weighted by Gasteiger charge is -2.28. The molecule has 4 aromatic rings. The molecule has 0 radical (unpaired) electrons. The van der Waals surface area contributed by atoms with E-state index in [4.69, 9.17) is 9.47 Å². The van der Waals surface area contributed by atoms with Gasteiger partial charge in [0.05, 0.1) is 18.9 Å². The fourth-order valence-electron chi connectivity index (χ4n) is 5.19. The number of allylic oxidation sites excluding steroid dienone is 4. The van der Waals surface area contributed by atoms with E-state index in [1.807, 2.05) is 84.9 Å². The van der Waals surface area contributed by atoms with Crippen molar-refractivity contribution in [3.05, 3.63) is 172 Å². The van der Waals surface area contributed by atoms with Crippen LogP contribution < -0.4 is 14.8 Å². The number of nitrogens with zero attached hydrogens (tertiary/aromatic N) is 2. The standard InChI is InChI=1S/C41H36BrN3O5S/c1-4-6-17-33(5-2)45-40(48)34(24-29-20-23-35(36(25-29)49-3)50-26-28-18-21-32(42)22-19-28)39(47)44-41(45)51-27-37(46)43-38(30-13-9-7-10-14-30)31-15-11-8-12-16-31/h4-25,38H,1,26-27H2,2-3H3,(H,43,46)/b17-6-,33-5+,34-24+. The van der Waals surface area contributed by atoms with Crippen molar-refractivity contribution in [3.63, 3.8) is 0 Å². The fourth-order valence-corrected chi connectivity index (χ4v) is 6.27. The van der Waals surface area contributed by atoms with Gasteiger partial charge in [0.25, 0.3) is 11.8 Å². The smallest absolute Gasteiger partial charge is 0.285 e. The van der Waals surface area contributed by atoms with E-state index in [0.717, 1.165) is 32.9 Å². The summed E-state index contributed by atoms with van der Waals surface area (Å²) >= 11 is 4.44. The van der Waals surface area contributed by atoms with Crippen LogP contribution in [0.1, 0.15) is 35.2 Å². The summed E-state index contributed by atoms with van der Waals surface area (Å²) in [6.07, 6.45) is 8.15. The molecule has 1 N–H and O–H groups in total. The molecule has 0 aromatic heterocycles. The highest BCUT2D eigenvalue weighted by atomic mass is 79.9. The van der Waals surface area contributed by atoms with Gasteiger partial charge in [-0.1, -0.05) is 131 Å². The first-order valence-corrected chi connectivity index (χ1v) is 17.8. The molecule has 0 bridgehead atoms. The number of carbonyl (C=O) groups is 3. The zero-order valence-corrected chi connectivity index (χ0v) is 30.5. The van der Waals surface area contributed by atoms with E-state index in [2.05, 4.69) is 32.8 Å². The molecule has 4 aromatic carbocycles. The quantitative estimate of drug-likeness (QED) is 0.0835. The third-order valence-corrected chi connectivity index (χ3v) is 9.19. The number of hydrogen-bond acceptors (Lipinski definition) is 6. The third kappa shape index (κ3) is 9.62. The number of methoxy groups -OCH3 is 1. The van der Waals surface area contributed by atoms with Crippen molar-refractivity contribution in [2.24, 2.45) is 4.99 Å². The maximum Gasteiger partial charge on any atom is 0.285 e. The summed E-state index contributed by atoms with van der Waals surface area (Å²) in [7, 11) is 1.52. The largest absolute Gasteiger partial charge is 0.493 e.